The van der Waals surface area contributed by atoms with Crippen molar-refractivity contribution in [3.63, 3.8) is 0 Å². The highest BCUT2D eigenvalue weighted by Crippen LogP contribution is 2.49. The Morgan fingerprint density at radius 3 is 2.35 bits per heavy atom. The summed E-state index contributed by atoms with van der Waals surface area (Å²) in [5.41, 5.74) is 1.04. The molecule has 2 rings (SSSR count). The highest BCUT2D eigenvalue weighted by Gasteiger charge is 2.44. The van der Waals surface area contributed by atoms with E-state index in [9.17, 15) is 5.26 Å². The predicted octanol–water partition coefficient (Wildman–Crippen LogP) is 3.36. The van der Waals surface area contributed by atoms with Crippen LogP contribution in [0, 0.1) is 16.7 Å². The SMILES string of the molecule is CNC(c1ccc(SC)cc1)C1(C#N)CCC1. The summed E-state index contributed by atoms with van der Waals surface area (Å²) < 4.78 is 0. The molecule has 1 aromatic carbocycles. The molecule has 1 N–H and O–H groups in total. The molecule has 90 valence electrons. The van der Waals surface area contributed by atoms with Crippen molar-refractivity contribution in [2.75, 3.05) is 13.3 Å². The molecule has 1 aliphatic carbocycles. The number of nitriles is 1. The molecule has 3 heteroatoms. The minimum atomic E-state index is -0.185. The number of nitrogens with zero attached hydrogens (tertiary/aromatic N) is 1. The van der Waals surface area contributed by atoms with E-state index >= 15 is 0 Å². The molecule has 0 heterocycles. The van der Waals surface area contributed by atoms with Crippen LogP contribution in [0.4, 0.5) is 0 Å². The van der Waals surface area contributed by atoms with Gasteiger partial charge in [-0.25, -0.2) is 0 Å². The first-order valence-electron chi connectivity index (χ1n) is 5.98. The Morgan fingerprint density at radius 1 is 1.35 bits per heavy atom. The maximum absolute atomic E-state index is 9.41. The van der Waals surface area contributed by atoms with Crippen molar-refractivity contribution in [2.45, 2.75) is 30.2 Å². The molecular formula is C14H18N2S. The van der Waals surface area contributed by atoms with Crippen LogP contribution < -0.4 is 5.32 Å². The zero-order valence-corrected chi connectivity index (χ0v) is 11.2. The van der Waals surface area contributed by atoms with Gasteiger partial charge in [-0.1, -0.05) is 18.6 Å². The van der Waals surface area contributed by atoms with Gasteiger partial charge in [0, 0.05) is 4.90 Å². The second-order valence-electron chi connectivity index (χ2n) is 4.62. The molecule has 1 aliphatic rings. The van der Waals surface area contributed by atoms with Gasteiger partial charge in [0.1, 0.15) is 0 Å². The molecule has 1 aromatic rings. The first kappa shape index (κ1) is 12.5. The lowest BCUT2D eigenvalue weighted by Gasteiger charge is -2.42. The number of nitrogens with one attached hydrogen (secondary N) is 1. The maximum Gasteiger partial charge on any atom is 0.0768 e. The van der Waals surface area contributed by atoms with Crippen LogP contribution in [0.3, 0.4) is 0 Å². The van der Waals surface area contributed by atoms with Crippen LogP contribution in [0.15, 0.2) is 29.2 Å². The average molecular weight is 246 g/mol. The zero-order valence-electron chi connectivity index (χ0n) is 10.4. The lowest BCUT2D eigenvalue weighted by atomic mass is 9.63. The van der Waals surface area contributed by atoms with Gasteiger partial charge in [0.05, 0.1) is 17.5 Å². The van der Waals surface area contributed by atoms with Crippen molar-refractivity contribution in [2.24, 2.45) is 5.41 Å². The number of hydrogen-bond donors (Lipinski definition) is 1. The zero-order chi connectivity index (χ0) is 12.3. The van der Waals surface area contributed by atoms with E-state index in [4.69, 9.17) is 0 Å². The number of thioether (sulfide) groups is 1. The average Bonchev–Trinajstić information content (AvgIpc) is 2.34. The second kappa shape index (κ2) is 5.12. The molecule has 1 fully saturated rings. The lowest BCUT2D eigenvalue weighted by molar-refractivity contribution is 0.149. The van der Waals surface area contributed by atoms with Gasteiger partial charge in [-0.05, 0) is 43.8 Å². The molecule has 0 radical (unpaired) electrons. The molecular weight excluding hydrogens is 228 g/mol. The highest BCUT2D eigenvalue weighted by molar-refractivity contribution is 7.98. The summed E-state index contributed by atoms with van der Waals surface area (Å²) >= 11 is 1.74. The Balaban J connectivity index is 2.26. The van der Waals surface area contributed by atoms with E-state index < -0.39 is 0 Å². The van der Waals surface area contributed by atoms with E-state index in [2.05, 4.69) is 41.9 Å². The van der Waals surface area contributed by atoms with Crippen molar-refractivity contribution in [3.05, 3.63) is 29.8 Å². The third kappa shape index (κ3) is 2.20. The number of rotatable bonds is 4. The van der Waals surface area contributed by atoms with Crippen LogP contribution in [-0.2, 0) is 0 Å². The Hall–Kier alpha value is -0.980. The highest BCUT2D eigenvalue weighted by atomic mass is 32.2. The fourth-order valence-corrected chi connectivity index (χ4v) is 2.99. The van der Waals surface area contributed by atoms with E-state index in [1.165, 1.54) is 16.9 Å². The van der Waals surface area contributed by atoms with Crippen molar-refractivity contribution in [1.29, 1.82) is 5.26 Å². The number of benzene rings is 1. The van der Waals surface area contributed by atoms with Crippen LogP contribution in [0.5, 0.6) is 0 Å². The third-order valence-corrected chi connectivity index (χ3v) is 4.50. The van der Waals surface area contributed by atoms with Crippen molar-refractivity contribution >= 4 is 11.8 Å². The molecule has 0 bridgehead atoms. The van der Waals surface area contributed by atoms with Crippen molar-refractivity contribution in [3.8, 4) is 6.07 Å². The minimum absolute atomic E-state index is 0.164. The summed E-state index contributed by atoms with van der Waals surface area (Å²) in [5, 5.41) is 12.7. The molecule has 1 saturated carbocycles. The van der Waals surface area contributed by atoms with Crippen LogP contribution in [0.2, 0.25) is 0 Å². The Bertz CT molecular complexity index is 415. The molecule has 0 spiro atoms. The van der Waals surface area contributed by atoms with Crippen molar-refractivity contribution < 1.29 is 0 Å². The van der Waals surface area contributed by atoms with E-state index in [1.807, 2.05) is 7.05 Å². The van der Waals surface area contributed by atoms with Gasteiger partial charge in [-0.3, -0.25) is 0 Å². The summed E-state index contributed by atoms with van der Waals surface area (Å²) in [4.78, 5) is 1.27. The Labute approximate surface area is 107 Å². The molecule has 0 saturated heterocycles. The third-order valence-electron chi connectivity index (χ3n) is 3.76. The topological polar surface area (TPSA) is 35.8 Å². The summed E-state index contributed by atoms with van der Waals surface area (Å²) in [5.74, 6) is 0. The van der Waals surface area contributed by atoms with E-state index in [-0.39, 0.29) is 11.5 Å². The van der Waals surface area contributed by atoms with Gasteiger partial charge in [0.15, 0.2) is 0 Å². The molecule has 0 aromatic heterocycles. The van der Waals surface area contributed by atoms with Gasteiger partial charge in [-0.15, -0.1) is 11.8 Å². The van der Waals surface area contributed by atoms with Gasteiger partial charge < -0.3 is 5.32 Å². The van der Waals surface area contributed by atoms with Gasteiger partial charge >= 0.3 is 0 Å². The maximum atomic E-state index is 9.41. The molecule has 1 atom stereocenters. The standard InChI is InChI=1S/C14H18N2S/c1-16-13(14(10-15)8-3-9-14)11-4-6-12(17-2)7-5-11/h4-7,13,16H,3,8-9H2,1-2H3. The quantitative estimate of drug-likeness (QED) is 0.827. The summed E-state index contributed by atoms with van der Waals surface area (Å²) in [6.07, 6.45) is 5.28. The lowest BCUT2D eigenvalue weighted by Crippen LogP contribution is -2.40. The fourth-order valence-electron chi connectivity index (χ4n) is 2.58. The normalized spacial score (nSPS) is 19.1. The van der Waals surface area contributed by atoms with Gasteiger partial charge in [0.2, 0.25) is 0 Å². The van der Waals surface area contributed by atoms with E-state index in [0.717, 1.165) is 12.8 Å². The Morgan fingerprint density at radius 2 is 2.00 bits per heavy atom. The van der Waals surface area contributed by atoms with Gasteiger partial charge in [0.25, 0.3) is 0 Å². The first-order chi connectivity index (χ1) is 8.25. The predicted molar refractivity (Wildman–Crippen MR) is 71.9 cm³/mol. The number of hydrogen-bond acceptors (Lipinski definition) is 3. The fraction of sp³-hybridized carbons (Fsp3) is 0.500. The van der Waals surface area contributed by atoms with Crippen LogP contribution >= 0.6 is 11.8 Å². The summed E-state index contributed by atoms with van der Waals surface area (Å²) in [6, 6.07) is 11.2. The monoisotopic (exact) mass is 246 g/mol. The minimum Gasteiger partial charge on any atom is -0.312 e. The molecule has 0 aliphatic heterocycles. The molecule has 17 heavy (non-hydrogen) atoms. The summed E-state index contributed by atoms with van der Waals surface area (Å²) in [6.45, 7) is 0. The second-order valence-corrected chi connectivity index (χ2v) is 5.50. The molecule has 1 unspecified atom stereocenters. The van der Waals surface area contributed by atoms with Crippen LogP contribution in [0.1, 0.15) is 30.9 Å². The van der Waals surface area contributed by atoms with Crippen LogP contribution in [-0.4, -0.2) is 13.3 Å². The van der Waals surface area contributed by atoms with Gasteiger partial charge in [-0.2, -0.15) is 5.26 Å². The van der Waals surface area contributed by atoms with E-state index in [0.29, 0.717) is 0 Å². The van der Waals surface area contributed by atoms with Crippen molar-refractivity contribution in [1.82, 2.24) is 5.32 Å². The van der Waals surface area contributed by atoms with Crippen LogP contribution in [0.25, 0.3) is 0 Å². The van der Waals surface area contributed by atoms with E-state index in [1.54, 1.807) is 11.8 Å². The molecule has 0 amide bonds. The largest absolute Gasteiger partial charge is 0.312 e. The summed E-state index contributed by atoms with van der Waals surface area (Å²) in [7, 11) is 1.95. The molecule has 2 nitrogen and oxygen atoms in total. The Kier molecular flexibility index (Phi) is 3.76. The smallest absolute Gasteiger partial charge is 0.0768 e. The first-order valence-corrected chi connectivity index (χ1v) is 7.21.